The number of hydrogen-bond acceptors (Lipinski definition) is 4. The molecule has 1 rings (SSSR count). The van der Waals surface area contributed by atoms with Gasteiger partial charge in [-0.05, 0) is 6.42 Å². The first kappa shape index (κ1) is 13.3. The average molecular weight is 246 g/mol. The van der Waals surface area contributed by atoms with E-state index >= 15 is 0 Å². The highest BCUT2D eigenvalue weighted by molar-refractivity contribution is 7.80. The summed E-state index contributed by atoms with van der Waals surface area (Å²) in [7, 11) is 0. The Morgan fingerprint density at radius 1 is 1.44 bits per heavy atom. The van der Waals surface area contributed by atoms with Crippen LogP contribution in [0.3, 0.4) is 0 Å². The van der Waals surface area contributed by atoms with Crippen LogP contribution in [-0.4, -0.2) is 54.8 Å². The molecule has 1 atom stereocenters. The number of thiol groups is 1. The molecule has 0 aliphatic carbocycles. The molecule has 16 heavy (non-hydrogen) atoms. The summed E-state index contributed by atoms with van der Waals surface area (Å²) in [5, 5.41) is 2.60. The van der Waals surface area contributed by atoms with Gasteiger partial charge < -0.3 is 15.0 Å². The SMILES string of the molecule is CC(=O)NC(CS)C(=O)N1CCCOCC1. The lowest BCUT2D eigenvalue weighted by Gasteiger charge is -2.25. The molecule has 92 valence electrons. The van der Waals surface area contributed by atoms with E-state index in [2.05, 4.69) is 17.9 Å². The van der Waals surface area contributed by atoms with Crippen molar-refractivity contribution < 1.29 is 14.3 Å². The van der Waals surface area contributed by atoms with Gasteiger partial charge in [-0.25, -0.2) is 0 Å². The molecule has 1 aliphatic rings. The molecule has 2 amide bonds. The van der Waals surface area contributed by atoms with Gasteiger partial charge in [0.1, 0.15) is 6.04 Å². The zero-order valence-electron chi connectivity index (χ0n) is 9.44. The van der Waals surface area contributed by atoms with E-state index in [1.54, 1.807) is 4.90 Å². The van der Waals surface area contributed by atoms with Gasteiger partial charge in [-0.2, -0.15) is 12.6 Å². The molecule has 0 saturated carbocycles. The summed E-state index contributed by atoms with van der Waals surface area (Å²) >= 11 is 4.08. The third kappa shape index (κ3) is 4.02. The molecule has 0 aromatic rings. The van der Waals surface area contributed by atoms with Gasteiger partial charge in [-0.15, -0.1) is 0 Å². The van der Waals surface area contributed by atoms with Crippen molar-refractivity contribution >= 4 is 24.4 Å². The van der Waals surface area contributed by atoms with Crippen LogP contribution in [0.4, 0.5) is 0 Å². The third-order valence-electron chi connectivity index (χ3n) is 2.39. The molecule has 1 saturated heterocycles. The summed E-state index contributed by atoms with van der Waals surface area (Å²) in [6, 6.07) is -0.529. The Morgan fingerprint density at radius 3 is 2.81 bits per heavy atom. The minimum Gasteiger partial charge on any atom is -0.380 e. The molecule has 1 fully saturated rings. The number of carbonyl (C=O) groups is 2. The van der Waals surface area contributed by atoms with E-state index in [0.717, 1.165) is 6.42 Å². The minimum atomic E-state index is -0.529. The molecular weight excluding hydrogens is 228 g/mol. The van der Waals surface area contributed by atoms with Gasteiger partial charge in [0, 0.05) is 32.4 Å². The van der Waals surface area contributed by atoms with Crippen LogP contribution in [0.2, 0.25) is 0 Å². The van der Waals surface area contributed by atoms with E-state index < -0.39 is 6.04 Å². The lowest BCUT2D eigenvalue weighted by molar-refractivity contribution is -0.135. The van der Waals surface area contributed by atoms with E-state index in [4.69, 9.17) is 4.74 Å². The molecule has 0 bridgehead atoms. The van der Waals surface area contributed by atoms with Crippen molar-refractivity contribution in [1.29, 1.82) is 0 Å². The van der Waals surface area contributed by atoms with Crippen molar-refractivity contribution in [3.8, 4) is 0 Å². The van der Waals surface area contributed by atoms with Crippen LogP contribution in [0, 0.1) is 0 Å². The van der Waals surface area contributed by atoms with Crippen molar-refractivity contribution in [2.45, 2.75) is 19.4 Å². The molecule has 1 N–H and O–H groups in total. The number of amides is 2. The molecule has 1 aliphatic heterocycles. The Bertz CT molecular complexity index is 252. The normalized spacial score (nSPS) is 18.8. The highest BCUT2D eigenvalue weighted by atomic mass is 32.1. The fraction of sp³-hybridized carbons (Fsp3) is 0.800. The molecule has 0 spiro atoms. The van der Waals surface area contributed by atoms with Gasteiger partial charge in [0.15, 0.2) is 0 Å². The molecule has 1 heterocycles. The smallest absolute Gasteiger partial charge is 0.246 e. The molecule has 1 unspecified atom stereocenters. The maximum atomic E-state index is 12.0. The highest BCUT2D eigenvalue weighted by Gasteiger charge is 2.24. The lowest BCUT2D eigenvalue weighted by atomic mass is 10.2. The first-order valence-electron chi connectivity index (χ1n) is 5.39. The predicted molar refractivity (Wildman–Crippen MR) is 63.5 cm³/mol. The van der Waals surface area contributed by atoms with Gasteiger partial charge in [-0.1, -0.05) is 0 Å². The van der Waals surface area contributed by atoms with E-state index in [1.165, 1.54) is 6.92 Å². The summed E-state index contributed by atoms with van der Waals surface area (Å²) in [5.41, 5.74) is 0. The van der Waals surface area contributed by atoms with Crippen molar-refractivity contribution in [2.24, 2.45) is 0 Å². The van der Waals surface area contributed by atoms with Crippen molar-refractivity contribution in [3.05, 3.63) is 0 Å². The fourth-order valence-corrected chi connectivity index (χ4v) is 1.87. The molecule has 0 aromatic heterocycles. The van der Waals surface area contributed by atoms with Gasteiger partial charge in [0.2, 0.25) is 11.8 Å². The van der Waals surface area contributed by atoms with Gasteiger partial charge in [0.25, 0.3) is 0 Å². The molecule has 6 heteroatoms. The topological polar surface area (TPSA) is 58.6 Å². The number of ether oxygens (including phenoxy) is 1. The zero-order chi connectivity index (χ0) is 12.0. The third-order valence-corrected chi connectivity index (χ3v) is 2.76. The van der Waals surface area contributed by atoms with Crippen molar-refractivity contribution in [1.82, 2.24) is 10.2 Å². The molecule has 0 aromatic carbocycles. The zero-order valence-corrected chi connectivity index (χ0v) is 10.3. The number of rotatable bonds is 3. The van der Waals surface area contributed by atoms with E-state index in [-0.39, 0.29) is 11.8 Å². The number of nitrogens with one attached hydrogen (secondary N) is 1. The summed E-state index contributed by atoms with van der Waals surface area (Å²) in [6.45, 7) is 3.92. The standard InChI is InChI=1S/C10H18N2O3S/c1-8(13)11-9(7-16)10(14)12-3-2-5-15-6-4-12/h9,16H,2-7H2,1H3,(H,11,13). The van der Waals surface area contributed by atoms with E-state index in [9.17, 15) is 9.59 Å². The maximum absolute atomic E-state index is 12.0. The summed E-state index contributed by atoms with van der Waals surface area (Å²) < 4.78 is 5.27. The lowest BCUT2D eigenvalue weighted by Crippen LogP contribution is -2.49. The van der Waals surface area contributed by atoms with Crippen LogP contribution >= 0.6 is 12.6 Å². The Hall–Kier alpha value is -0.750. The predicted octanol–water partition coefficient (Wildman–Crippen LogP) is -0.330. The quantitative estimate of drug-likeness (QED) is 0.670. The van der Waals surface area contributed by atoms with Crippen molar-refractivity contribution in [3.63, 3.8) is 0 Å². The monoisotopic (exact) mass is 246 g/mol. The van der Waals surface area contributed by atoms with Crippen LogP contribution in [0.1, 0.15) is 13.3 Å². The first-order chi connectivity index (χ1) is 7.65. The van der Waals surface area contributed by atoms with Gasteiger partial charge in [0.05, 0.1) is 6.61 Å². The van der Waals surface area contributed by atoms with Crippen LogP contribution in [-0.2, 0) is 14.3 Å². The van der Waals surface area contributed by atoms with Crippen molar-refractivity contribution in [2.75, 3.05) is 32.1 Å². The highest BCUT2D eigenvalue weighted by Crippen LogP contribution is 2.03. The number of carbonyl (C=O) groups excluding carboxylic acids is 2. The van der Waals surface area contributed by atoms with Crippen LogP contribution < -0.4 is 5.32 Å². The molecule has 5 nitrogen and oxygen atoms in total. The second-order valence-electron chi connectivity index (χ2n) is 3.73. The summed E-state index contributed by atoms with van der Waals surface area (Å²) in [6.07, 6.45) is 0.838. The Balaban J connectivity index is 2.54. The largest absolute Gasteiger partial charge is 0.380 e. The summed E-state index contributed by atoms with van der Waals surface area (Å²) in [5.74, 6) is 0.0321. The molecular formula is C10H18N2O3S. The van der Waals surface area contributed by atoms with Crippen LogP contribution in [0.5, 0.6) is 0 Å². The number of hydrogen-bond donors (Lipinski definition) is 2. The average Bonchev–Trinajstić information content (AvgIpc) is 2.53. The summed E-state index contributed by atoms with van der Waals surface area (Å²) in [4.78, 5) is 24.7. The Kier molecular flexibility index (Phi) is 5.62. The Morgan fingerprint density at radius 2 is 2.19 bits per heavy atom. The minimum absolute atomic E-state index is 0.0734. The molecule has 0 radical (unpaired) electrons. The second kappa shape index (κ2) is 6.75. The van der Waals surface area contributed by atoms with E-state index in [1.807, 2.05) is 0 Å². The second-order valence-corrected chi connectivity index (χ2v) is 4.09. The maximum Gasteiger partial charge on any atom is 0.246 e. The number of nitrogens with zero attached hydrogens (tertiary/aromatic N) is 1. The van der Waals surface area contributed by atoms with E-state index in [0.29, 0.717) is 32.1 Å². The van der Waals surface area contributed by atoms with Gasteiger partial charge >= 0.3 is 0 Å². The Labute approximate surface area is 101 Å². The van der Waals surface area contributed by atoms with Gasteiger partial charge in [-0.3, -0.25) is 9.59 Å². The van der Waals surface area contributed by atoms with Crippen LogP contribution in [0.25, 0.3) is 0 Å². The fourth-order valence-electron chi connectivity index (χ4n) is 1.62. The van der Waals surface area contributed by atoms with Crippen LogP contribution in [0.15, 0.2) is 0 Å². The first-order valence-corrected chi connectivity index (χ1v) is 6.03.